The van der Waals surface area contributed by atoms with Crippen LogP contribution in [0.15, 0.2) is 78.9 Å². The predicted octanol–water partition coefficient (Wildman–Crippen LogP) is 4.59. The largest absolute Gasteiger partial charge is 0.514 e. The van der Waals surface area contributed by atoms with Crippen LogP contribution in [0.3, 0.4) is 0 Å². The van der Waals surface area contributed by atoms with Crippen molar-refractivity contribution in [2.75, 3.05) is 18.9 Å². The number of thioether (sulfide) groups is 1. The van der Waals surface area contributed by atoms with Gasteiger partial charge < -0.3 is 30.2 Å². The molecule has 0 bridgehead atoms. The maximum atomic E-state index is 13.5. The lowest BCUT2D eigenvalue weighted by molar-refractivity contribution is -0.154. The second-order valence-electron chi connectivity index (χ2n) is 10.6. The van der Waals surface area contributed by atoms with E-state index in [4.69, 9.17) is 19.9 Å². The maximum absolute atomic E-state index is 13.5. The first kappa shape index (κ1) is 34.0. The molecule has 0 spiro atoms. The fraction of sp³-hybridized carbons (Fsp3) is 0.324. The number of benzene rings is 3. The molecular formula is C34H37N3O8S. The van der Waals surface area contributed by atoms with E-state index in [2.05, 4.69) is 5.32 Å². The van der Waals surface area contributed by atoms with Gasteiger partial charge in [-0.15, -0.1) is 0 Å². The van der Waals surface area contributed by atoms with E-state index in [1.165, 1.54) is 11.8 Å². The summed E-state index contributed by atoms with van der Waals surface area (Å²) in [7, 11) is 0. The predicted molar refractivity (Wildman–Crippen MR) is 173 cm³/mol. The molecule has 3 N–H and O–H groups in total. The molecule has 3 aromatic carbocycles. The van der Waals surface area contributed by atoms with Crippen molar-refractivity contribution < 1.29 is 38.2 Å². The second kappa shape index (κ2) is 16.5. The van der Waals surface area contributed by atoms with Gasteiger partial charge in [0.25, 0.3) is 0 Å². The molecule has 2 amide bonds. The molecule has 3 atom stereocenters. The van der Waals surface area contributed by atoms with E-state index in [1.807, 2.05) is 42.5 Å². The van der Waals surface area contributed by atoms with Gasteiger partial charge in [0.2, 0.25) is 11.8 Å². The van der Waals surface area contributed by atoms with Crippen LogP contribution in [0.1, 0.15) is 49.4 Å². The number of rotatable bonds is 12. The number of carbonyl (C=O) groups excluding carboxylic acids is 5. The van der Waals surface area contributed by atoms with Crippen LogP contribution in [0, 0.1) is 0 Å². The topological polar surface area (TPSA) is 154 Å². The summed E-state index contributed by atoms with van der Waals surface area (Å²) in [5, 5.41) is 1.56. The Kier molecular flexibility index (Phi) is 12.2. The number of anilines is 1. The van der Waals surface area contributed by atoms with Gasteiger partial charge >= 0.3 is 12.1 Å². The first-order valence-corrected chi connectivity index (χ1v) is 15.8. The molecule has 12 heteroatoms. The molecule has 0 saturated carbocycles. The standard InChI is InChI=1S/C34H37N3O8S/c1-3-43-33(41)29-18-17-28(25-11-13-26(35)14-12-25)37(29)31(39)20-36-32(40)30(46-22(2)38)19-23-9-15-27(16-10-23)45-34(42)44-21-24-7-5-4-6-8-24/h4-16,28-30H,3,17-21,35H2,1-2H3,(H,36,40)/t28?,29?,30-/m0/s1. The number of hydrogen-bond donors (Lipinski definition) is 2. The van der Waals surface area contributed by atoms with Gasteiger partial charge in [-0.05, 0) is 67.1 Å². The third-order valence-electron chi connectivity index (χ3n) is 7.31. The minimum atomic E-state index is -0.854. The van der Waals surface area contributed by atoms with Gasteiger partial charge in [-0.2, -0.15) is 0 Å². The number of nitrogens with zero attached hydrogens (tertiary/aromatic N) is 1. The molecule has 4 rings (SSSR count). The summed E-state index contributed by atoms with van der Waals surface area (Å²) >= 11 is 0.849. The highest BCUT2D eigenvalue weighted by Crippen LogP contribution is 2.37. The summed E-state index contributed by atoms with van der Waals surface area (Å²) in [5.74, 6) is -1.20. The first-order valence-electron chi connectivity index (χ1n) is 14.9. The molecule has 1 aliphatic rings. The number of hydrogen-bond acceptors (Lipinski definition) is 10. The highest BCUT2D eigenvalue weighted by Gasteiger charge is 2.42. The van der Waals surface area contributed by atoms with E-state index in [0.29, 0.717) is 24.1 Å². The van der Waals surface area contributed by atoms with Gasteiger partial charge in [-0.3, -0.25) is 14.4 Å². The molecule has 2 unspecified atom stereocenters. The van der Waals surface area contributed by atoms with Crippen molar-refractivity contribution in [3.05, 3.63) is 95.6 Å². The van der Waals surface area contributed by atoms with E-state index < -0.39 is 41.3 Å². The Bertz CT molecular complexity index is 1520. The molecule has 46 heavy (non-hydrogen) atoms. The minimum Gasteiger partial charge on any atom is -0.464 e. The fourth-order valence-corrected chi connectivity index (χ4v) is 6.05. The first-order chi connectivity index (χ1) is 22.1. The molecule has 242 valence electrons. The Hall–Kier alpha value is -4.84. The Morgan fingerprint density at radius 2 is 1.61 bits per heavy atom. The van der Waals surface area contributed by atoms with Crippen molar-refractivity contribution in [3.8, 4) is 5.75 Å². The van der Waals surface area contributed by atoms with Gasteiger partial charge in [-0.1, -0.05) is 66.4 Å². The van der Waals surface area contributed by atoms with Gasteiger partial charge in [-0.25, -0.2) is 9.59 Å². The molecule has 1 heterocycles. The minimum absolute atomic E-state index is 0.0720. The number of nitrogen functional groups attached to an aromatic ring is 1. The molecule has 0 radical (unpaired) electrons. The van der Waals surface area contributed by atoms with E-state index >= 15 is 0 Å². The summed E-state index contributed by atoms with van der Waals surface area (Å²) in [6.07, 6.45) is 0.278. The quantitative estimate of drug-likeness (QED) is 0.162. The van der Waals surface area contributed by atoms with E-state index in [-0.39, 0.29) is 37.0 Å². The van der Waals surface area contributed by atoms with Crippen LogP contribution in [-0.2, 0) is 41.7 Å². The fourth-order valence-electron chi connectivity index (χ4n) is 5.18. The van der Waals surface area contributed by atoms with Crippen LogP contribution in [0.4, 0.5) is 10.5 Å². The molecule has 1 fully saturated rings. The van der Waals surface area contributed by atoms with Crippen LogP contribution in [0.5, 0.6) is 5.75 Å². The van der Waals surface area contributed by atoms with Crippen LogP contribution in [-0.4, -0.2) is 58.4 Å². The summed E-state index contributed by atoms with van der Waals surface area (Å²) in [6.45, 7) is 2.94. The Morgan fingerprint density at radius 1 is 0.913 bits per heavy atom. The third kappa shape index (κ3) is 9.58. The van der Waals surface area contributed by atoms with Gasteiger partial charge in [0.15, 0.2) is 5.12 Å². The van der Waals surface area contributed by atoms with Gasteiger partial charge in [0.1, 0.15) is 18.4 Å². The lowest BCUT2D eigenvalue weighted by Crippen LogP contribution is -2.48. The molecule has 1 saturated heterocycles. The van der Waals surface area contributed by atoms with Gasteiger partial charge in [0, 0.05) is 12.6 Å². The molecule has 1 aliphatic heterocycles. The lowest BCUT2D eigenvalue weighted by atomic mass is 10.0. The Labute approximate surface area is 271 Å². The van der Waals surface area contributed by atoms with Crippen molar-refractivity contribution >= 4 is 46.5 Å². The van der Waals surface area contributed by atoms with Crippen LogP contribution < -0.4 is 15.8 Å². The SMILES string of the molecule is CCOC(=O)C1CCC(c2ccc(N)cc2)N1C(=O)CNC(=O)[C@H](Cc1ccc(OC(=O)OCc2ccccc2)cc1)SC(C)=O. The number of ether oxygens (including phenoxy) is 3. The summed E-state index contributed by atoms with van der Waals surface area (Å²) < 4.78 is 15.6. The summed E-state index contributed by atoms with van der Waals surface area (Å²) in [5.41, 5.74) is 8.76. The summed E-state index contributed by atoms with van der Waals surface area (Å²) in [4.78, 5) is 65.1. The number of nitrogens with two attached hydrogens (primary N) is 1. The molecule has 3 aromatic rings. The average Bonchev–Trinajstić information content (AvgIpc) is 3.49. The number of esters is 1. The average molecular weight is 648 g/mol. The Balaban J connectivity index is 1.37. The monoisotopic (exact) mass is 647 g/mol. The summed E-state index contributed by atoms with van der Waals surface area (Å²) in [6, 6.07) is 21.6. The number of nitrogens with one attached hydrogen (secondary N) is 1. The van der Waals surface area contributed by atoms with Crippen LogP contribution in [0.25, 0.3) is 0 Å². The molecule has 0 aliphatic carbocycles. The van der Waals surface area contributed by atoms with Crippen molar-refractivity contribution in [2.24, 2.45) is 0 Å². The lowest BCUT2D eigenvalue weighted by Gasteiger charge is -2.30. The number of likely N-dealkylation sites (tertiary alicyclic amines) is 1. The second-order valence-corrected chi connectivity index (χ2v) is 12.0. The smallest absolute Gasteiger partial charge is 0.464 e. The van der Waals surface area contributed by atoms with Crippen LogP contribution in [0.2, 0.25) is 0 Å². The number of amides is 2. The van der Waals surface area contributed by atoms with E-state index in [9.17, 15) is 24.0 Å². The van der Waals surface area contributed by atoms with Crippen LogP contribution >= 0.6 is 11.8 Å². The normalized spacial score (nSPS) is 16.3. The highest BCUT2D eigenvalue weighted by atomic mass is 32.2. The third-order valence-corrected chi connectivity index (χ3v) is 8.31. The zero-order valence-corrected chi connectivity index (χ0v) is 26.5. The maximum Gasteiger partial charge on any atom is 0.514 e. The van der Waals surface area contributed by atoms with E-state index in [1.54, 1.807) is 43.3 Å². The molecular weight excluding hydrogens is 610 g/mol. The highest BCUT2D eigenvalue weighted by molar-refractivity contribution is 8.14. The van der Waals surface area contributed by atoms with Gasteiger partial charge in [0.05, 0.1) is 24.4 Å². The molecule has 0 aromatic heterocycles. The van der Waals surface area contributed by atoms with Crippen molar-refractivity contribution in [1.82, 2.24) is 10.2 Å². The Morgan fingerprint density at radius 3 is 2.26 bits per heavy atom. The van der Waals surface area contributed by atoms with Crippen molar-refractivity contribution in [1.29, 1.82) is 0 Å². The van der Waals surface area contributed by atoms with Crippen molar-refractivity contribution in [3.63, 3.8) is 0 Å². The molecule has 11 nitrogen and oxygen atoms in total. The van der Waals surface area contributed by atoms with E-state index in [0.717, 1.165) is 22.9 Å². The zero-order valence-electron chi connectivity index (χ0n) is 25.7. The zero-order chi connectivity index (χ0) is 33.1. The number of carbonyl (C=O) groups is 5. The van der Waals surface area contributed by atoms with Crippen molar-refractivity contribution in [2.45, 2.75) is 57.1 Å².